The predicted octanol–water partition coefficient (Wildman–Crippen LogP) is 1.04. The Bertz CT molecular complexity index is 362. The van der Waals surface area contributed by atoms with Crippen molar-refractivity contribution in [3.8, 4) is 0 Å². The van der Waals surface area contributed by atoms with Crippen molar-refractivity contribution in [3.63, 3.8) is 0 Å². The average Bonchev–Trinajstić information content (AvgIpc) is 2.04. The van der Waals surface area contributed by atoms with E-state index < -0.39 is 10.1 Å². The largest absolute Gasteiger partial charge is 0.297 e. The van der Waals surface area contributed by atoms with Crippen LogP contribution in [0.1, 0.15) is 13.8 Å². The third-order valence-corrected chi connectivity index (χ3v) is 2.84. The first kappa shape index (κ1) is 18.5. The Labute approximate surface area is 135 Å². The number of benzene rings is 1. The van der Waals surface area contributed by atoms with Crippen LogP contribution in [0.4, 0.5) is 0 Å². The molecule has 74 valence electrons. The first-order valence-electron chi connectivity index (χ1n) is 4.01. The second-order valence-corrected chi connectivity index (χ2v) is 4.48. The van der Waals surface area contributed by atoms with Crippen LogP contribution in [0.25, 0.3) is 0 Å². The molecule has 6 heteroatoms. The van der Waals surface area contributed by atoms with E-state index in [9.17, 15) is 8.42 Å². The number of rotatable bonds is 3. The van der Waals surface area contributed by atoms with E-state index in [4.69, 9.17) is 4.18 Å². The maximum absolute atomic E-state index is 11.4. The van der Waals surface area contributed by atoms with Gasteiger partial charge in [0.15, 0.2) is 0 Å². The molecule has 0 spiro atoms. The molecular weight excluding hydrogens is 234 g/mol. The summed E-state index contributed by atoms with van der Waals surface area (Å²) in [5.74, 6) is 0. The van der Waals surface area contributed by atoms with E-state index in [0.29, 0.717) is 0 Å². The van der Waals surface area contributed by atoms with E-state index >= 15 is 0 Å². The normalized spacial score (nSPS) is 10.3. The topological polar surface area (TPSA) is 43.4 Å². The van der Waals surface area contributed by atoms with Gasteiger partial charge in [0.2, 0.25) is 0 Å². The van der Waals surface area contributed by atoms with Gasteiger partial charge in [-0.3, -0.25) is 4.18 Å². The summed E-state index contributed by atoms with van der Waals surface area (Å²) in [5.41, 5.74) is 0. The van der Waals surface area contributed by atoms with E-state index in [2.05, 4.69) is 0 Å². The molecule has 0 unspecified atom stereocenters. The SMILES string of the molecule is CC(C)OS(=O)(=O)c1ccccc1.[Na].[Na]. The number of hydrogen-bond acceptors (Lipinski definition) is 3. The minimum atomic E-state index is -3.56. The summed E-state index contributed by atoms with van der Waals surface area (Å²) in [6.07, 6.45) is -0.329. The van der Waals surface area contributed by atoms with Crippen molar-refractivity contribution < 1.29 is 12.6 Å². The molecule has 3 nitrogen and oxygen atoms in total. The fraction of sp³-hybridized carbons (Fsp3) is 0.333. The average molecular weight is 246 g/mol. The Kier molecular flexibility index (Phi) is 10.2. The van der Waals surface area contributed by atoms with Gasteiger partial charge < -0.3 is 0 Å². The summed E-state index contributed by atoms with van der Waals surface area (Å²) in [6.45, 7) is 3.36. The van der Waals surface area contributed by atoms with E-state index in [1.165, 1.54) is 12.1 Å². The Hall–Kier alpha value is 1.13. The molecule has 2 radical (unpaired) electrons. The van der Waals surface area contributed by atoms with Crippen molar-refractivity contribution in [2.45, 2.75) is 24.8 Å². The Morgan fingerprint density at radius 3 is 1.93 bits per heavy atom. The van der Waals surface area contributed by atoms with Gasteiger partial charge in [0.1, 0.15) is 0 Å². The minimum absolute atomic E-state index is 0. The monoisotopic (exact) mass is 246 g/mol. The van der Waals surface area contributed by atoms with Gasteiger partial charge in [-0.05, 0) is 26.0 Å². The van der Waals surface area contributed by atoms with Crippen molar-refractivity contribution in [1.29, 1.82) is 0 Å². The van der Waals surface area contributed by atoms with E-state index in [1.54, 1.807) is 32.0 Å². The minimum Gasteiger partial charge on any atom is -0.264 e. The van der Waals surface area contributed by atoms with Gasteiger partial charge in [-0.2, -0.15) is 8.42 Å². The molecule has 1 aromatic rings. The van der Waals surface area contributed by atoms with Crippen LogP contribution in [-0.2, 0) is 14.3 Å². The first-order valence-corrected chi connectivity index (χ1v) is 5.41. The van der Waals surface area contributed by atoms with Gasteiger partial charge in [-0.1, -0.05) is 18.2 Å². The quantitative estimate of drug-likeness (QED) is 0.591. The third-order valence-electron chi connectivity index (χ3n) is 1.35. The van der Waals surface area contributed by atoms with E-state index in [0.717, 1.165) is 0 Å². The Morgan fingerprint density at radius 1 is 1.07 bits per heavy atom. The van der Waals surface area contributed by atoms with Gasteiger partial charge >= 0.3 is 0 Å². The van der Waals surface area contributed by atoms with Gasteiger partial charge in [-0.15, -0.1) is 0 Å². The van der Waals surface area contributed by atoms with Crippen molar-refractivity contribution in [3.05, 3.63) is 30.3 Å². The van der Waals surface area contributed by atoms with Crippen LogP contribution in [0, 0.1) is 0 Å². The Balaban J connectivity index is 0. The van der Waals surface area contributed by atoms with E-state index in [-0.39, 0.29) is 70.1 Å². The maximum Gasteiger partial charge on any atom is 0.297 e. The second-order valence-electron chi connectivity index (χ2n) is 2.91. The number of hydrogen-bond donors (Lipinski definition) is 0. The summed E-state index contributed by atoms with van der Waals surface area (Å²) in [4.78, 5) is 0.198. The molecule has 0 saturated carbocycles. The Morgan fingerprint density at radius 2 is 1.53 bits per heavy atom. The fourth-order valence-electron chi connectivity index (χ4n) is 0.896. The molecule has 0 heterocycles. The zero-order valence-corrected chi connectivity index (χ0v) is 14.4. The molecule has 0 amide bonds. The van der Waals surface area contributed by atoms with Crippen LogP contribution in [0.3, 0.4) is 0 Å². The third kappa shape index (κ3) is 6.44. The molecule has 0 N–H and O–H groups in total. The van der Waals surface area contributed by atoms with Crippen molar-refractivity contribution in [2.24, 2.45) is 0 Å². The van der Waals surface area contributed by atoms with Gasteiger partial charge in [0.05, 0.1) is 11.0 Å². The van der Waals surface area contributed by atoms with Crippen molar-refractivity contribution in [2.75, 3.05) is 0 Å². The molecule has 0 aliphatic rings. The zero-order valence-electron chi connectivity index (χ0n) is 9.60. The maximum atomic E-state index is 11.4. The first-order chi connectivity index (χ1) is 6.02. The molecule has 0 fully saturated rings. The van der Waals surface area contributed by atoms with Crippen molar-refractivity contribution >= 4 is 69.2 Å². The van der Waals surface area contributed by atoms with E-state index in [1.807, 2.05) is 0 Å². The van der Waals surface area contributed by atoms with Gasteiger partial charge in [-0.25, -0.2) is 0 Å². The molecule has 15 heavy (non-hydrogen) atoms. The van der Waals surface area contributed by atoms with Crippen LogP contribution < -0.4 is 0 Å². The van der Waals surface area contributed by atoms with Crippen LogP contribution in [-0.4, -0.2) is 73.6 Å². The van der Waals surface area contributed by atoms with Crippen LogP contribution in [0.15, 0.2) is 35.2 Å². The molecule has 0 atom stereocenters. The van der Waals surface area contributed by atoms with Crippen LogP contribution in [0.2, 0.25) is 0 Å². The van der Waals surface area contributed by atoms with Crippen molar-refractivity contribution in [1.82, 2.24) is 0 Å². The summed E-state index contributed by atoms with van der Waals surface area (Å²) < 4.78 is 27.6. The van der Waals surface area contributed by atoms with Gasteiger partial charge in [0, 0.05) is 59.1 Å². The molecule has 0 bridgehead atoms. The summed E-state index contributed by atoms with van der Waals surface area (Å²) >= 11 is 0. The summed E-state index contributed by atoms with van der Waals surface area (Å²) in [6, 6.07) is 8.11. The molecule has 0 aliphatic heterocycles. The molecule has 1 rings (SSSR count). The smallest absolute Gasteiger partial charge is 0.264 e. The summed E-state index contributed by atoms with van der Waals surface area (Å²) in [5, 5.41) is 0. The standard InChI is InChI=1S/C9H12O3S.2Na/c1-8(2)12-13(10,11)9-6-4-3-5-7-9;;/h3-8H,1-2H3;;. The fourth-order valence-corrected chi connectivity index (χ4v) is 2.00. The zero-order chi connectivity index (χ0) is 9.90. The summed E-state index contributed by atoms with van der Waals surface area (Å²) in [7, 11) is -3.56. The predicted molar refractivity (Wildman–Crippen MR) is 61.4 cm³/mol. The molecular formula is C9H12Na2O3S. The van der Waals surface area contributed by atoms with Crippen LogP contribution in [0.5, 0.6) is 0 Å². The molecule has 0 aliphatic carbocycles. The molecule has 0 aromatic heterocycles. The van der Waals surface area contributed by atoms with Gasteiger partial charge in [0.25, 0.3) is 10.1 Å². The molecule has 0 saturated heterocycles. The molecule has 1 aromatic carbocycles. The second kappa shape index (κ2) is 8.25. The van der Waals surface area contributed by atoms with Crippen LogP contribution >= 0.6 is 0 Å².